The Morgan fingerprint density at radius 3 is 2.71 bits per heavy atom. The second-order valence-corrected chi connectivity index (χ2v) is 6.95. The second-order valence-electron chi connectivity index (χ2n) is 6.20. The van der Waals surface area contributed by atoms with Crippen LogP contribution in [0.4, 0.5) is 5.13 Å². The lowest BCUT2D eigenvalue weighted by Gasteiger charge is -2.00. The number of carboxylic acids is 1. The van der Waals surface area contributed by atoms with Gasteiger partial charge in [-0.15, -0.1) is 0 Å². The van der Waals surface area contributed by atoms with Crippen LogP contribution in [0.25, 0.3) is 11.3 Å². The molecule has 0 unspecified atom stereocenters. The summed E-state index contributed by atoms with van der Waals surface area (Å²) >= 11 is 1.000. The van der Waals surface area contributed by atoms with E-state index in [1.54, 1.807) is 37.3 Å². The van der Waals surface area contributed by atoms with Crippen molar-refractivity contribution in [3.63, 3.8) is 0 Å². The monoisotopic (exact) mass is 399 g/mol. The number of carbonyl (C=O) groups is 3. The quantitative estimate of drug-likeness (QED) is 0.626. The molecule has 0 bridgehead atoms. The minimum absolute atomic E-state index is 0.0591. The lowest BCUT2D eigenvalue weighted by atomic mass is 10.1. The first-order valence-electron chi connectivity index (χ1n) is 8.36. The van der Waals surface area contributed by atoms with Gasteiger partial charge in [-0.1, -0.05) is 18.2 Å². The SMILES string of the molecule is CC(=O)Cc1nsc(NC(=O)c2cc(-c3cccc(CC(=O)O)c3)oc2C)n1. The van der Waals surface area contributed by atoms with Gasteiger partial charge in [-0.2, -0.15) is 4.37 Å². The van der Waals surface area contributed by atoms with Crippen LogP contribution in [0.5, 0.6) is 0 Å². The van der Waals surface area contributed by atoms with E-state index in [0.29, 0.717) is 39.2 Å². The van der Waals surface area contributed by atoms with Crippen molar-refractivity contribution in [1.82, 2.24) is 9.36 Å². The predicted molar refractivity (Wildman–Crippen MR) is 102 cm³/mol. The lowest BCUT2D eigenvalue weighted by molar-refractivity contribution is -0.136. The highest BCUT2D eigenvalue weighted by Gasteiger charge is 2.18. The summed E-state index contributed by atoms with van der Waals surface area (Å²) in [5.41, 5.74) is 1.65. The average Bonchev–Trinajstić information content (AvgIpc) is 3.20. The molecule has 9 heteroatoms. The molecule has 2 N–H and O–H groups in total. The molecule has 144 valence electrons. The van der Waals surface area contributed by atoms with Crippen LogP contribution < -0.4 is 5.32 Å². The number of Topliss-reactive ketones (excluding diaryl/α,β-unsaturated/α-hetero) is 1. The highest BCUT2D eigenvalue weighted by Crippen LogP contribution is 2.27. The van der Waals surface area contributed by atoms with Crippen molar-refractivity contribution >= 4 is 34.3 Å². The third-order valence-electron chi connectivity index (χ3n) is 3.82. The number of hydrogen-bond acceptors (Lipinski definition) is 7. The Balaban J connectivity index is 1.78. The summed E-state index contributed by atoms with van der Waals surface area (Å²) in [6.45, 7) is 3.11. The van der Waals surface area contributed by atoms with E-state index in [-0.39, 0.29) is 18.6 Å². The Morgan fingerprint density at radius 2 is 2.00 bits per heavy atom. The smallest absolute Gasteiger partial charge is 0.307 e. The number of carboxylic acid groups (broad SMARTS) is 1. The number of aromatic nitrogens is 2. The Morgan fingerprint density at radius 1 is 1.21 bits per heavy atom. The molecule has 0 radical (unpaired) electrons. The zero-order chi connectivity index (χ0) is 20.3. The first-order chi connectivity index (χ1) is 13.3. The van der Waals surface area contributed by atoms with Crippen LogP contribution in [-0.2, 0) is 22.4 Å². The molecule has 0 fully saturated rings. The van der Waals surface area contributed by atoms with E-state index in [2.05, 4.69) is 14.7 Å². The number of benzene rings is 1. The van der Waals surface area contributed by atoms with Crippen LogP contribution in [0.3, 0.4) is 0 Å². The number of carbonyl (C=O) groups excluding carboxylic acids is 2. The van der Waals surface area contributed by atoms with Crippen molar-refractivity contribution in [3.8, 4) is 11.3 Å². The number of hydrogen-bond donors (Lipinski definition) is 2. The molecule has 2 aromatic heterocycles. The molecular weight excluding hydrogens is 382 g/mol. The van der Waals surface area contributed by atoms with E-state index in [9.17, 15) is 14.4 Å². The van der Waals surface area contributed by atoms with Crippen LogP contribution >= 0.6 is 11.5 Å². The van der Waals surface area contributed by atoms with E-state index in [1.807, 2.05) is 0 Å². The van der Waals surface area contributed by atoms with Crippen LogP contribution in [0.2, 0.25) is 0 Å². The highest BCUT2D eigenvalue weighted by atomic mass is 32.1. The van der Waals surface area contributed by atoms with Crippen molar-refractivity contribution in [1.29, 1.82) is 0 Å². The standard InChI is InChI=1S/C19H17N3O5S/c1-10(23)6-16-20-19(28-22-16)21-18(26)14-9-15(27-11(14)2)13-5-3-4-12(7-13)8-17(24)25/h3-5,7,9H,6,8H2,1-2H3,(H,24,25)(H,20,21,22,26). The largest absolute Gasteiger partial charge is 0.481 e. The maximum Gasteiger partial charge on any atom is 0.307 e. The zero-order valence-corrected chi connectivity index (χ0v) is 16.0. The van der Waals surface area contributed by atoms with Gasteiger partial charge in [0.1, 0.15) is 17.3 Å². The molecule has 1 aromatic carbocycles. The summed E-state index contributed by atoms with van der Waals surface area (Å²) in [5, 5.41) is 11.9. The number of anilines is 1. The maximum atomic E-state index is 12.5. The summed E-state index contributed by atoms with van der Waals surface area (Å²) < 4.78 is 9.73. The molecule has 8 nitrogen and oxygen atoms in total. The van der Waals surface area contributed by atoms with Crippen molar-refractivity contribution in [3.05, 3.63) is 53.0 Å². The van der Waals surface area contributed by atoms with Crippen LogP contribution in [0, 0.1) is 6.92 Å². The second kappa shape index (κ2) is 8.13. The topological polar surface area (TPSA) is 122 Å². The Hall–Kier alpha value is -3.33. The Kier molecular flexibility index (Phi) is 5.65. The molecule has 28 heavy (non-hydrogen) atoms. The molecular formula is C19H17N3O5S. The number of furan rings is 1. The van der Waals surface area contributed by atoms with Gasteiger partial charge in [0.15, 0.2) is 5.82 Å². The summed E-state index contributed by atoms with van der Waals surface area (Å²) in [5.74, 6) is -0.133. The number of amides is 1. The van der Waals surface area contributed by atoms with E-state index in [4.69, 9.17) is 9.52 Å². The fourth-order valence-electron chi connectivity index (χ4n) is 2.62. The minimum atomic E-state index is -0.922. The fourth-order valence-corrected chi connectivity index (χ4v) is 3.20. The lowest BCUT2D eigenvalue weighted by Crippen LogP contribution is -2.12. The molecule has 0 aliphatic rings. The van der Waals surface area contributed by atoms with E-state index in [1.165, 1.54) is 6.92 Å². The van der Waals surface area contributed by atoms with Crippen molar-refractivity contribution in [2.24, 2.45) is 0 Å². The summed E-state index contributed by atoms with van der Waals surface area (Å²) in [4.78, 5) is 38.7. The van der Waals surface area contributed by atoms with Gasteiger partial charge in [0.2, 0.25) is 5.13 Å². The van der Waals surface area contributed by atoms with Gasteiger partial charge in [-0.25, -0.2) is 4.98 Å². The van der Waals surface area contributed by atoms with E-state index >= 15 is 0 Å². The van der Waals surface area contributed by atoms with Gasteiger partial charge in [0.05, 0.1) is 18.4 Å². The minimum Gasteiger partial charge on any atom is -0.481 e. The molecule has 0 saturated heterocycles. The zero-order valence-electron chi connectivity index (χ0n) is 15.2. The maximum absolute atomic E-state index is 12.5. The summed E-state index contributed by atoms with van der Waals surface area (Å²) in [7, 11) is 0. The average molecular weight is 399 g/mol. The summed E-state index contributed by atoms with van der Waals surface area (Å²) in [6.07, 6.45) is 0.0223. The number of aliphatic carboxylic acids is 1. The third kappa shape index (κ3) is 4.68. The Labute approximate surface area is 164 Å². The number of nitrogens with one attached hydrogen (secondary N) is 1. The van der Waals surface area contributed by atoms with Gasteiger partial charge >= 0.3 is 5.97 Å². The van der Waals surface area contributed by atoms with Crippen LogP contribution in [0.1, 0.15) is 34.4 Å². The van der Waals surface area contributed by atoms with Gasteiger partial charge in [-0.05, 0) is 31.5 Å². The normalized spacial score (nSPS) is 10.6. The third-order valence-corrected chi connectivity index (χ3v) is 4.49. The van der Waals surface area contributed by atoms with Gasteiger partial charge in [0.25, 0.3) is 5.91 Å². The van der Waals surface area contributed by atoms with Gasteiger partial charge in [0, 0.05) is 17.1 Å². The molecule has 3 rings (SSSR count). The van der Waals surface area contributed by atoms with Crippen LogP contribution in [0.15, 0.2) is 34.7 Å². The van der Waals surface area contributed by atoms with Crippen molar-refractivity contribution in [2.75, 3.05) is 5.32 Å². The number of nitrogens with zero attached hydrogens (tertiary/aromatic N) is 2. The van der Waals surface area contributed by atoms with Gasteiger partial charge in [-0.3, -0.25) is 19.7 Å². The van der Waals surface area contributed by atoms with Crippen molar-refractivity contribution in [2.45, 2.75) is 26.7 Å². The number of rotatable bonds is 7. The van der Waals surface area contributed by atoms with E-state index < -0.39 is 11.9 Å². The van der Waals surface area contributed by atoms with Gasteiger partial charge < -0.3 is 9.52 Å². The summed E-state index contributed by atoms with van der Waals surface area (Å²) in [6, 6.07) is 8.55. The van der Waals surface area contributed by atoms with E-state index in [0.717, 1.165) is 11.5 Å². The Bertz CT molecular complexity index is 1050. The highest BCUT2D eigenvalue weighted by molar-refractivity contribution is 7.09. The molecule has 0 atom stereocenters. The molecule has 0 spiro atoms. The number of aryl methyl sites for hydroxylation is 1. The fraction of sp³-hybridized carbons (Fsp3) is 0.211. The first kappa shape index (κ1) is 19.4. The molecule has 0 aliphatic carbocycles. The predicted octanol–water partition coefficient (Wildman–Crippen LogP) is 3.12. The molecule has 0 aliphatic heterocycles. The van der Waals surface area contributed by atoms with Crippen molar-refractivity contribution < 1.29 is 23.9 Å². The first-order valence-corrected chi connectivity index (χ1v) is 9.14. The number of ketones is 1. The molecule has 2 heterocycles. The molecule has 1 amide bonds. The molecule has 0 saturated carbocycles. The van der Waals surface area contributed by atoms with Crippen LogP contribution in [-0.4, -0.2) is 32.1 Å². The molecule has 3 aromatic rings.